The van der Waals surface area contributed by atoms with Gasteiger partial charge in [-0.15, -0.1) is 0 Å². The first-order valence-electron chi connectivity index (χ1n) is 11.0. The number of β-amino-alcohol motifs (C(OH)–C–C–N with tert-alkyl or cyclic N) is 1. The second-order valence-corrected chi connectivity index (χ2v) is 8.06. The summed E-state index contributed by atoms with van der Waals surface area (Å²) in [5.74, 6) is 0.602. The summed E-state index contributed by atoms with van der Waals surface area (Å²) >= 11 is 0. The lowest BCUT2D eigenvalue weighted by Crippen LogP contribution is -2.62. The number of aliphatic hydroxyl groups is 4. The van der Waals surface area contributed by atoms with E-state index >= 15 is 0 Å². The van der Waals surface area contributed by atoms with Crippen LogP contribution in [0, 0.1) is 10.1 Å². The Labute approximate surface area is 200 Å². The van der Waals surface area contributed by atoms with Gasteiger partial charge in [-0.25, -0.2) is 4.98 Å². The van der Waals surface area contributed by atoms with Gasteiger partial charge in [0, 0.05) is 55.0 Å². The standard InChI is InChI=1S/C21H28N8O6/c22-27-26-14-4-5-15(16(10-14)29(34)35)23-7-8-24-19-3-1-2-13(25-19)6-9-28-11-18(31)21(33)20(32)17(28)12-30/h1-5,10,17-18,20-21,23,30-33H,6-9,11-12H2,(H,24,25)/t17-,18+,20-,21-/m1/s1. The topological polar surface area (TPSA) is 213 Å². The van der Waals surface area contributed by atoms with Crippen LogP contribution in [0.1, 0.15) is 5.69 Å². The highest BCUT2D eigenvalue weighted by atomic mass is 16.6. The van der Waals surface area contributed by atoms with Gasteiger partial charge >= 0.3 is 0 Å². The first kappa shape index (κ1) is 26.1. The van der Waals surface area contributed by atoms with Crippen LogP contribution in [0.25, 0.3) is 10.4 Å². The number of aromatic nitrogens is 1. The van der Waals surface area contributed by atoms with E-state index in [2.05, 4.69) is 25.6 Å². The van der Waals surface area contributed by atoms with Crippen LogP contribution >= 0.6 is 0 Å². The van der Waals surface area contributed by atoms with Crippen molar-refractivity contribution in [2.24, 2.45) is 5.11 Å². The Morgan fingerprint density at radius 3 is 2.69 bits per heavy atom. The predicted octanol–water partition coefficient (Wildman–Crippen LogP) is 0.757. The summed E-state index contributed by atoms with van der Waals surface area (Å²) in [7, 11) is 0. The van der Waals surface area contributed by atoms with Gasteiger partial charge in [-0.05, 0) is 23.7 Å². The molecule has 6 N–H and O–H groups in total. The van der Waals surface area contributed by atoms with E-state index in [0.29, 0.717) is 37.6 Å². The van der Waals surface area contributed by atoms with E-state index in [4.69, 9.17) is 5.53 Å². The number of hydrogen-bond donors (Lipinski definition) is 6. The summed E-state index contributed by atoms with van der Waals surface area (Å²) in [6.45, 7) is 0.973. The van der Waals surface area contributed by atoms with Crippen molar-refractivity contribution in [3.63, 3.8) is 0 Å². The van der Waals surface area contributed by atoms with Crippen molar-refractivity contribution < 1.29 is 25.3 Å². The van der Waals surface area contributed by atoms with Crippen molar-refractivity contribution in [3.05, 3.63) is 62.6 Å². The van der Waals surface area contributed by atoms with E-state index in [1.54, 1.807) is 11.0 Å². The molecule has 4 atom stereocenters. The van der Waals surface area contributed by atoms with Crippen LogP contribution in [0.2, 0.25) is 0 Å². The van der Waals surface area contributed by atoms with E-state index in [-0.39, 0.29) is 24.5 Å². The summed E-state index contributed by atoms with van der Waals surface area (Å²) < 4.78 is 0. The maximum absolute atomic E-state index is 11.3. The average Bonchev–Trinajstić information content (AvgIpc) is 2.85. The molecule has 2 aromatic rings. The zero-order valence-corrected chi connectivity index (χ0v) is 18.8. The molecule has 0 saturated carbocycles. The molecule has 0 aliphatic carbocycles. The lowest BCUT2D eigenvalue weighted by atomic mass is 9.94. The zero-order valence-electron chi connectivity index (χ0n) is 18.8. The fraction of sp³-hybridized carbons (Fsp3) is 0.476. The van der Waals surface area contributed by atoms with Crippen LogP contribution in [0.4, 0.5) is 22.9 Å². The molecule has 3 rings (SSSR count). The number of benzene rings is 1. The average molecular weight is 489 g/mol. The summed E-state index contributed by atoms with van der Waals surface area (Å²) in [5, 5.41) is 60.2. The van der Waals surface area contributed by atoms with Crippen LogP contribution in [0.15, 0.2) is 41.5 Å². The van der Waals surface area contributed by atoms with Crippen molar-refractivity contribution in [2.45, 2.75) is 30.8 Å². The number of pyridine rings is 1. The lowest BCUT2D eigenvalue weighted by Gasteiger charge is -2.43. The maximum Gasteiger partial charge on any atom is 0.292 e. The molecule has 1 saturated heterocycles. The van der Waals surface area contributed by atoms with Crippen LogP contribution in [0.5, 0.6) is 0 Å². The number of nitro benzene ring substituents is 1. The SMILES string of the molecule is [N-]=[N+]=Nc1ccc(NCCNc2cccc(CCN3C[C@H](O)[C@@H](O)[C@H](O)[C@H]3CO)n2)c([N+](=O)[O-])c1. The second kappa shape index (κ2) is 12.3. The highest BCUT2D eigenvalue weighted by Crippen LogP contribution is 2.29. The molecular weight excluding hydrogens is 460 g/mol. The summed E-state index contributed by atoms with van der Waals surface area (Å²) in [6, 6.07) is 8.92. The van der Waals surface area contributed by atoms with E-state index < -0.39 is 29.3 Å². The molecule has 0 unspecified atom stereocenters. The van der Waals surface area contributed by atoms with E-state index in [0.717, 1.165) is 5.69 Å². The molecule has 35 heavy (non-hydrogen) atoms. The monoisotopic (exact) mass is 488 g/mol. The molecule has 188 valence electrons. The highest BCUT2D eigenvalue weighted by molar-refractivity contribution is 5.66. The summed E-state index contributed by atoms with van der Waals surface area (Å²) in [6.07, 6.45) is -3.16. The van der Waals surface area contributed by atoms with Crippen LogP contribution in [-0.4, -0.2) is 92.4 Å². The van der Waals surface area contributed by atoms with Gasteiger partial charge in [0.15, 0.2) is 0 Å². The van der Waals surface area contributed by atoms with Crippen molar-refractivity contribution in [1.29, 1.82) is 0 Å². The Balaban J connectivity index is 1.52. The molecule has 2 heterocycles. The van der Waals surface area contributed by atoms with Crippen molar-refractivity contribution in [2.75, 3.05) is 43.4 Å². The number of rotatable bonds is 11. The number of nitrogens with one attached hydrogen (secondary N) is 2. The molecule has 1 aliphatic heterocycles. The van der Waals surface area contributed by atoms with E-state index in [1.807, 2.05) is 12.1 Å². The minimum absolute atomic E-state index is 0.128. The summed E-state index contributed by atoms with van der Waals surface area (Å²) in [5.41, 5.74) is 9.49. The number of anilines is 2. The Kier molecular flexibility index (Phi) is 9.14. The van der Waals surface area contributed by atoms with Gasteiger partial charge in [-0.1, -0.05) is 17.2 Å². The molecular formula is C21H28N8O6. The van der Waals surface area contributed by atoms with Gasteiger partial charge in [0.2, 0.25) is 0 Å². The number of nitro groups is 1. The number of piperidine rings is 1. The van der Waals surface area contributed by atoms with Gasteiger partial charge < -0.3 is 31.1 Å². The van der Waals surface area contributed by atoms with Crippen LogP contribution in [-0.2, 0) is 6.42 Å². The molecule has 0 bridgehead atoms. The molecule has 14 nitrogen and oxygen atoms in total. The predicted molar refractivity (Wildman–Crippen MR) is 127 cm³/mol. The first-order valence-corrected chi connectivity index (χ1v) is 11.0. The minimum Gasteiger partial charge on any atom is -0.395 e. The smallest absolute Gasteiger partial charge is 0.292 e. The number of aliphatic hydroxyl groups excluding tert-OH is 4. The first-order chi connectivity index (χ1) is 16.8. The van der Waals surface area contributed by atoms with Crippen LogP contribution in [0.3, 0.4) is 0 Å². The van der Waals surface area contributed by atoms with E-state index in [9.17, 15) is 30.5 Å². The number of hydrogen-bond acceptors (Lipinski definition) is 11. The van der Waals surface area contributed by atoms with Crippen molar-refractivity contribution >= 4 is 22.9 Å². The molecule has 1 aromatic heterocycles. The minimum atomic E-state index is -1.30. The summed E-state index contributed by atoms with van der Waals surface area (Å²) in [4.78, 5) is 19.6. The highest BCUT2D eigenvalue weighted by Gasteiger charge is 2.40. The normalized spacial score (nSPS) is 22.3. The van der Waals surface area contributed by atoms with Crippen molar-refractivity contribution in [1.82, 2.24) is 9.88 Å². The third kappa shape index (κ3) is 6.76. The van der Waals surface area contributed by atoms with Gasteiger partial charge in [0.25, 0.3) is 5.69 Å². The van der Waals surface area contributed by atoms with Gasteiger partial charge in [-0.2, -0.15) is 0 Å². The Bertz CT molecular complexity index is 1070. The molecule has 14 heteroatoms. The number of likely N-dealkylation sites (tertiary alicyclic amines) is 1. The van der Waals surface area contributed by atoms with Gasteiger partial charge in [0.1, 0.15) is 23.7 Å². The van der Waals surface area contributed by atoms with Crippen LogP contribution < -0.4 is 10.6 Å². The largest absolute Gasteiger partial charge is 0.395 e. The molecule has 1 aromatic carbocycles. The van der Waals surface area contributed by atoms with E-state index in [1.165, 1.54) is 18.2 Å². The molecule has 0 radical (unpaired) electrons. The van der Waals surface area contributed by atoms with Gasteiger partial charge in [0.05, 0.1) is 23.7 Å². The third-order valence-electron chi connectivity index (χ3n) is 5.76. The zero-order chi connectivity index (χ0) is 25.4. The second-order valence-electron chi connectivity index (χ2n) is 8.06. The Hall–Kier alpha value is -3.52. The lowest BCUT2D eigenvalue weighted by molar-refractivity contribution is -0.383. The fourth-order valence-corrected chi connectivity index (χ4v) is 3.93. The van der Waals surface area contributed by atoms with Crippen molar-refractivity contribution in [3.8, 4) is 0 Å². The Morgan fingerprint density at radius 2 is 1.97 bits per heavy atom. The quantitative estimate of drug-likeness (QED) is 0.0652. The Morgan fingerprint density at radius 1 is 1.20 bits per heavy atom. The molecule has 0 spiro atoms. The number of nitrogens with zero attached hydrogens (tertiary/aromatic N) is 6. The molecule has 0 amide bonds. The maximum atomic E-state index is 11.3. The van der Waals surface area contributed by atoms with Gasteiger partial charge in [-0.3, -0.25) is 15.0 Å². The fourth-order valence-electron chi connectivity index (χ4n) is 3.93. The molecule has 1 fully saturated rings. The third-order valence-corrected chi connectivity index (χ3v) is 5.76. The number of azide groups is 1. The molecule has 1 aliphatic rings.